The molecule has 3 aromatic rings. The Labute approximate surface area is 155 Å². The lowest BCUT2D eigenvalue weighted by Crippen LogP contribution is -2.23. The van der Waals surface area contributed by atoms with Gasteiger partial charge in [-0.3, -0.25) is 10.1 Å². The molecule has 27 heavy (non-hydrogen) atoms. The summed E-state index contributed by atoms with van der Waals surface area (Å²) in [6, 6.07) is 11.0. The lowest BCUT2D eigenvalue weighted by molar-refractivity contribution is -0.385. The van der Waals surface area contributed by atoms with Crippen molar-refractivity contribution in [3.63, 3.8) is 0 Å². The Kier molecular flexibility index (Phi) is 5.27. The highest BCUT2D eigenvalue weighted by atomic mass is 32.2. The monoisotopic (exact) mass is 386 g/mol. The number of thioether (sulfide) groups is 1. The first-order valence-corrected chi connectivity index (χ1v) is 8.19. The van der Waals surface area contributed by atoms with Crippen molar-refractivity contribution in [3.05, 3.63) is 74.9 Å². The quantitative estimate of drug-likeness (QED) is 0.274. The Balaban J connectivity index is 1.89. The smallest absolute Gasteiger partial charge is 0.281 e. The Morgan fingerprint density at radius 1 is 1.15 bits per heavy atom. The van der Waals surface area contributed by atoms with E-state index in [2.05, 4.69) is 10.2 Å². The minimum absolute atomic E-state index is 0.0703. The van der Waals surface area contributed by atoms with Gasteiger partial charge in [0.2, 0.25) is 5.89 Å². The molecular formula is C17H9FN3O5S-. The van der Waals surface area contributed by atoms with Crippen LogP contribution < -0.4 is 5.11 Å². The van der Waals surface area contributed by atoms with Gasteiger partial charge >= 0.3 is 0 Å². The third-order valence-electron chi connectivity index (χ3n) is 3.32. The van der Waals surface area contributed by atoms with Crippen LogP contribution in [-0.4, -0.2) is 21.1 Å². The van der Waals surface area contributed by atoms with Crippen LogP contribution in [0, 0.1) is 15.9 Å². The van der Waals surface area contributed by atoms with Crippen LogP contribution in [0.25, 0.3) is 17.5 Å². The number of aliphatic carboxylic acids is 1. The number of halogens is 1. The number of nitrogens with zero attached hydrogens (tertiary/aromatic N) is 3. The number of nitro groups is 1. The molecule has 0 fully saturated rings. The summed E-state index contributed by atoms with van der Waals surface area (Å²) in [5, 5.41) is 29.8. The van der Waals surface area contributed by atoms with E-state index in [1.165, 1.54) is 48.5 Å². The van der Waals surface area contributed by atoms with E-state index < -0.39 is 16.7 Å². The molecule has 3 rings (SSSR count). The van der Waals surface area contributed by atoms with E-state index in [-0.39, 0.29) is 27.3 Å². The number of benzene rings is 2. The normalized spacial score (nSPS) is 11.4. The van der Waals surface area contributed by atoms with Gasteiger partial charge in [0.05, 0.1) is 16.5 Å². The SMILES string of the molecule is O=C([O-])/C(=C\c1ccccc1[N+](=O)[O-])Sc1nnc(-c2ccc(F)cc2)o1. The van der Waals surface area contributed by atoms with Crippen LogP contribution in [0.4, 0.5) is 10.1 Å². The Bertz CT molecular complexity index is 1030. The van der Waals surface area contributed by atoms with E-state index in [0.29, 0.717) is 17.3 Å². The van der Waals surface area contributed by atoms with Crippen LogP contribution in [-0.2, 0) is 4.79 Å². The summed E-state index contributed by atoms with van der Waals surface area (Å²) in [7, 11) is 0. The largest absolute Gasteiger partial charge is 0.544 e. The zero-order chi connectivity index (χ0) is 19.4. The molecule has 0 atom stereocenters. The number of hydrogen-bond acceptors (Lipinski definition) is 8. The van der Waals surface area contributed by atoms with E-state index >= 15 is 0 Å². The minimum atomic E-state index is -1.56. The topological polar surface area (TPSA) is 122 Å². The molecule has 8 nitrogen and oxygen atoms in total. The molecule has 0 spiro atoms. The van der Waals surface area contributed by atoms with Crippen molar-refractivity contribution in [2.75, 3.05) is 0 Å². The van der Waals surface area contributed by atoms with Crippen LogP contribution >= 0.6 is 11.8 Å². The van der Waals surface area contributed by atoms with Crippen molar-refractivity contribution in [2.45, 2.75) is 5.22 Å². The predicted molar refractivity (Wildman–Crippen MR) is 91.6 cm³/mol. The second-order valence-corrected chi connectivity index (χ2v) is 6.09. The molecule has 0 bridgehead atoms. The van der Waals surface area contributed by atoms with E-state index in [4.69, 9.17) is 4.42 Å². The first kappa shape index (κ1) is 18.3. The fraction of sp³-hybridized carbons (Fsp3) is 0. The summed E-state index contributed by atoms with van der Waals surface area (Å²) >= 11 is 0.593. The number of nitro benzene ring substituents is 1. The van der Waals surface area contributed by atoms with Crippen molar-refractivity contribution < 1.29 is 23.6 Å². The van der Waals surface area contributed by atoms with E-state index in [1.807, 2.05) is 0 Å². The minimum Gasteiger partial charge on any atom is -0.544 e. The van der Waals surface area contributed by atoms with Crippen molar-refractivity contribution in [2.24, 2.45) is 0 Å². The number of aromatic nitrogens is 2. The highest BCUT2D eigenvalue weighted by Crippen LogP contribution is 2.31. The van der Waals surface area contributed by atoms with Crippen LogP contribution in [0.3, 0.4) is 0 Å². The second-order valence-electron chi connectivity index (χ2n) is 5.09. The van der Waals surface area contributed by atoms with Gasteiger partial charge in [-0.05, 0) is 48.2 Å². The average Bonchev–Trinajstić information content (AvgIpc) is 3.10. The molecule has 2 aromatic carbocycles. The summed E-state index contributed by atoms with van der Waals surface area (Å²) in [4.78, 5) is 21.5. The molecule has 0 N–H and O–H groups in total. The van der Waals surface area contributed by atoms with Crippen LogP contribution in [0.1, 0.15) is 5.56 Å². The lowest BCUT2D eigenvalue weighted by Gasteiger charge is -2.05. The highest BCUT2D eigenvalue weighted by Gasteiger charge is 2.15. The van der Waals surface area contributed by atoms with E-state index in [9.17, 15) is 24.4 Å². The first-order chi connectivity index (χ1) is 12.9. The van der Waals surface area contributed by atoms with Crippen LogP contribution in [0.2, 0.25) is 0 Å². The molecule has 0 aliphatic rings. The van der Waals surface area contributed by atoms with Crippen LogP contribution in [0.5, 0.6) is 0 Å². The van der Waals surface area contributed by atoms with Crippen molar-refractivity contribution in [1.82, 2.24) is 10.2 Å². The number of carboxylic acid groups (broad SMARTS) is 1. The van der Waals surface area contributed by atoms with Crippen LogP contribution in [0.15, 0.2) is 63.1 Å². The fourth-order valence-corrected chi connectivity index (χ4v) is 2.76. The zero-order valence-corrected chi connectivity index (χ0v) is 14.2. The number of carbonyl (C=O) groups is 1. The van der Waals surface area contributed by atoms with Crippen molar-refractivity contribution >= 4 is 29.5 Å². The highest BCUT2D eigenvalue weighted by molar-refractivity contribution is 8.03. The molecule has 0 saturated carbocycles. The molecule has 136 valence electrons. The predicted octanol–water partition coefficient (Wildman–Crippen LogP) is 2.67. The Morgan fingerprint density at radius 3 is 2.52 bits per heavy atom. The first-order valence-electron chi connectivity index (χ1n) is 7.38. The standard InChI is InChI=1S/C17H10FN3O5S/c18-12-7-5-10(6-8-12)15-19-20-17(26-15)27-14(16(22)23)9-11-3-1-2-4-13(11)21(24)25/h1-9H,(H,22,23)/p-1/b14-9+. The third-order valence-corrected chi connectivity index (χ3v) is 4.16. The number of hydrogen-bond donors (Lipinski definition) is 0. The summed E-state index contributed by atoms with van der Waals surface area (Å²) in [5.41, 5.74) is 0.287. The Morgan fingerprint density at radius 2 is 1.85 bits per heavy atom. The van der Waals surface area contributed by atoms with Gasteiger partial charge in [-0.15, -0.1) is 10.2 Å². The van der Waals surface area contributed by atoms with Crippen molar-refractivity contribution in [3.8, 4) is 11.5 Å². The molecule has 0 aliphatic carbocycles. The Hall–Kier alpha value is -3.53. The number of para-hydroxylation sites is 1. The molecule has 1 heterocycles. The van der Waals surface area contributed by atoms with Gasteiger partial charge in [-0.2, -0.15) is 0 Å². The molecule has 1 aromatic heterocycles. The number of carboxylic acids is 1. The maximum atomic E-state index is 13.0. The van der Waals surface area contributed by atoms with Gasteiger partial charge in [-0.25, -0.2) is 4.39 Å². The molecule has 0 unspecified atom stereocenters. The maximum Gasteiger partial charge on any atom is 0.281 e. The van der Waals surface area contributed by atoms with Gasteiger partial charge in [0, 0.05) is 16.5 Å². The second kappa shape index (κ2) is 7.79. The summed E-state index contributed by atoms with van der Waals surface area (Å²) in [5.74, 6) is -1.92. The molecule has 0 saturated heterocycles. The molecule has 0 amide bonds. The van der Waals surface area contributed by atoms with E-state index in [1.54, 1.807) is 0 Å². The van der Waals surface area contributed by atoms with Crippen molar-refractivity contribution in [1.29, 1.82) is 0 Å². The van der Waals surface area contributed by atoms with E-state index in [0.717, 1.165) is 6.08 Å². The van der Waals surface area contributed by atoms with Gasteiger partial charge < -0.3 is 14.3 Å². The summed E-state index contributed by atoms with van der Waals surface area (Å²) < 4.78 is 18.3. The van der Waals surface area contributed by atoms with Gasteiger partial charge in [0.15, 0.2) is 0 Å². The van der Waals surface area contributed by atoms with Gasteiger partial charge in [0.25, 0.3) is 10.9 Å². The number of rotatable bonds is 6. The summed E-state index contributed by atoms with van der Waals surface area (Å²) in [6.45, 7) is 0. The molecule has 10 heteroatoms. The molecule has 0 radical (unpaired) electrons. The maximum absolute atomic E-state index is 13.0. The molecular weight excluding hydrogens is 377 g/mol. The van der Waals surface area contributed by atoms with Gasteiger partial charge in [-0.1, -0.05) is 12.1 Å². The number of carbonyl (C=O) groups excluding carboxylic acids is 1. The average molecular weight is 386 g/mol. The third kappa shape index (κ3) is 4.36. The molecule has 0 aliphatic heterocycles. The summed E-state index contributed by atoms with van der Waals surface area (Å²) in [6.07, 6.45) is 1.10. The fourth-order valence-electron chi connectivity index (χ4n) is 2.10. The lowest BCUT2D eigenvalue weighted by atomic mass is 10.1. The van der Waals surface area contributed by atoms with Gasteiger partial charge in [0.1, 0.15) is 5.82 Å². The zero-order valence-electron chi connectivity index (χ0n) is 13.4.